The Labute approximate surface area is 191 Å². The third-order valence-electron chi connectivity index (χ3n) is 5.57. The highest BCUT2D eigenvalue weighted by Crippen LogP contribution is 2.42. The van der Waals surface area contributed by atoms with Gasteiger partial charge in [0.1, 0.15) is 5.82 Å². The summed E-state index contributed by atoms with van der Waals surface area (Å²) in [5.74, 6) is -1.54. The van der Waals surface area contributed by atoms with Gasteiger partial charge in [-0.1, -0.05) is 18.2 Å². The molecule has 0 amide bonds. The van der Waals surface area contributed by atoms with Crippen LogP contribution < -0.4 is 5.32 Å². The van der Waals surface area contributed by atoms with Crippen molar-refractivity contribution < 1.29 is 13.9 Å². The zero-order valence-electron chi connectivity index (χ0n) is 18.6. The van der Waals surface area contributed by atoms with E-state index in [1.807, 2.05) is 36.5 Å². The Morgan fingerprint density at radius 1 is 1.15 bits per heavy atom. The number of ether oxygens (including phenoxy) is 1. The second-order valence-corrected chi connectivity index (χ2v) is 7.69. The summed E-state index contributed by atoms with van der Waals surface area (Å²) in [5, 5.41) is 17.9. The highest BCUT2D eigenvalue weighted by atomic mass is 19.1. The van der Waals surface area contributed by atoms with E-state index in [0.29, 0.717) is 39.4 Å². The van der Waals surface area contributed by atoms with E-state index in [0.717, 1.165) is 5.69 Å². The van der Waals surface area contributed by atoms with E-state index in [9.17, 15) is 14.4 Å². The molecule has 33 heavy (non-hydrogen) atoms. The van der Waals surface area contributed by atoms with Crippen molar-refractivity contribution in [3.63, 3.8) is 0 Å². The first-order valence-corrected chi connectivity index (χ1v) is 10.6. The van der Waals surface area contributed by atoms with Crippen LogP contribution in [0.1, 0.15) is 32.3 Å². The maximum absolute atomic E-state index is 13.6. The number of nitrogens with one attached hydrogen (secondary N) is 1. The molecule has 0 saturated carbocycles. The van der Waals surface area contributed by atoms with Crippen molar-refractivity contribution in [2.45, 2.75) is 26.7 Å². The standard InChI is InChI=1S/C26H23FN4O2/c1-4-33-26(32)23-17(3)29-16(2)21(14-28)24(23)22-15-31(20-8-6-5-7-9-20)30-25(22)18-10-12-19(27)13-11-18/h5-13,15,24,29H,4H2,1-3H3/t24-/m1/s1. The minimum atomic E-state index is -0.687. The second-order valence-electron chi connectivity index (χ2n) is 7.69. The summed E-state index contributed by atoms with van der Waals surface area (Å²) in [6.07, 6.45) is 1.82. The minimum Gasteiger partial charge on any atom is -0.463 e. The topological polar surface area (TPSA) is 79.9 Å². The fourth-order valence-electron chi connectivity index (χ4n) is 4.08. The molecule has 166 valence electrons. The average molecular weight is 442 g/mol. The lowest BCUT2D eigenvalue weighted by Crippen LogP contribution is -2.28. The van der Waals surface area contributed by atoms with Gasteiger partial charge in [0.2, 0.25) is 0 Å². The van der Waals surface area contributed by atoms with Crippen LogP contribution in [0.4, 0.5) is 4.39 Å². The average Bonchev–Trinajstić information content (AvgIpc) is 3.25. The van der Waals surface area contributed by atoms with Gasteiger partial charge in [-0.2, -0.15) is 10.4 Å². The first kappa shape index (κ1) is 22.0. The molecular formula is C26H23FN4O2. The van der Waals surface area contributed by atoms with Gasteiger partial charge in [-0.3, -0.25) is 0 Å². The number of para-hydroxylation sites is 1. The molecule has 1 aliphatic heterocycles. The number of hydrogen-bond acceptors (Lipinski definition) is 5. The molecule has 0 unspecified atom stereocenters. The third kappa shape index (κ3) is 4.15. The molecule has 0 radical (unpaired) electrons. The Kier molecular flexibility index (Phi) is 6.09. The third-order valence-corrected chi connectivity index (χ3v) is 5.57. The zero-order chi connectivity index (χ0) is 23.5. The Balaban J connectivity index is 1.98. The number of nitriles is 1. The van der Waals surface area contributed by atoms with Crippen molar-refractivity contribution in [1.82, 2.24) is 15.1 Å². The number of halogens is 1. The van der Waals surface area contributed by atoms with Crippen molar-refractivity contribution in [2.24, 2.45) is 0 Å². The molecule has 1 aliphatic rings. The molecule has 2 aromatic carbocycles. The van der Waals surface area contributed by atoms with E-state index < -0.39 is 11.9 Å². The van der Waals surface area contributed by atoms with Gasteiger partial charge in [0.05, 0.1) is 41.1 Å². The van der Waals surface area contributed by atoms with Gasteiger partial charge in [0.15, 0.2) is 0 Å². The number of hydrogen-bond donors (Lipinski definition) is 1. The molecule has 1 atom stereocenters. The van der Waals surface area contributed by atoms with Crippen LogP contribution in [-0.4, -0.2) is 22.4 Å². The number of rotatable bonds is 5. The van der Waals surface area contributed by atoms with E-state index >= 15 is 0 Å². The molecular weight excluding hydrogens is 419 g/mol. The molecule has 1 aromatic heterocycles. The largest absolute Gasteiger partial charge is 0.463 e. The lowest BCUT2D eigenvalue weighted by Gasteiger charge is -2.28. The molecule has 0 fully saturated rings. The highest BCUT2D eigenvalue weighted by Gasteiger charge is 2.37. The summed E-state index contributed by atoms with van der Waals surface area (Å²) < 4.78 is 20.7. The Morgan fingerprint density at radius 2 is 1.85 bits per heavy atom. The molecule has 2 heterocycles. The molecule has 0 aliphatic carbocycles. The summed E-state index contributed by atoms with van der Waals surface area (Å²) >= 11 is 0. The first-order valence-electron chi connectivity index (χ1n) is 10.6. The lowest BCUT2D eigenvalue weighted by molar-refractivity contribution is -0.138. The Hall–Kier alpha value is -4.18. The molecule has 6 nitrogen and oxygen atoms in total. The first-order chi connectivity index (χ1) is 15.9. The van der Waals surface area contributed by atoms with Gasteiger partial charge >= 0.3 is 5.97 Å². The van der Waals surface area contributed by atoms with Crippen molar-refractivity contribution in [3.8, 4) is 23.0 Å². The predicted octanol–water partition coefficient (Wildman–Crippen LogP) is 5.00. The van der Waals surface area contributed by atoms with Crippen LogP contribution in [0.3, 0.4) is 0 Å². The van der Waals surface area contributed by atoms with Crippen LogP contribution >= 0.6 is 0 Å². The fraction of sp³-hybridized carbons (Fsp3) is 0.192. The number of carbonyl (C=O) groups excluding carboxylic acids is 1. The van der Waals surface area contributed by atoms with Crippen LogP contribution in [0.25, 0.3) is 16.9 Å². The Morgan fingerprint density at radius 3 is 2.48 bits per heavy atom. The minimum absolute atomic E-state index is 0.209. The van der Waals surface area contributed by atoms with Gasteiger partial charge in [-0.25, -0.2) is 13.9 Å². The second kappa shape index (κ2) is 9.13. The van der Waals surface area contributed by atoms with Gasteiger partial charge in [0.25, 0.3) is 0 Å². The summed E-state index contributed by atoms with van der Waals surface area (Å²) in [7, 11) is 0. The monoisotopic (exact) mass is 442 g/mol. The molecule has 4 rings (SSSR count). The summed E-state index contributed by atoms with van der Waals surface area (Å²) in [4.78, 5) is 13.0. The van der Waals surface area contributed by atoms with E-state index in [1.165, 1.54) is 12.1 Å². The lowest BCUT2D eigenvalue weighted by atomic mass is 9.80. The van der Waals surface area contributed by atoms with Crippen LogP contribution in [0, 0.1) is 17.1 Å². The maximum atomic E-state index is 13.6. The molecule has 3 aromatic rings. The fourth-order valence-corrected chi connectivity index (χ4v) is 4.08. The molecule has 0 bridgehead atoms. The quantitative estimate of drug-likeness (QED) is 0.563. The van der Waals surface area contributed by atoms with Crippen LogP contribution in [0.2, 0.25) is 0 Å². The number of aromatic nitrogens is 2. The molecule has 0 spiro atoms. The number of benzene rings is 2. The SMILES string of the molecule is CCOC(=O)C1=C(C)NC(C)=C(C#N)[C@@H]1c1cn(-c2ccccc2)nc1-c1ccc(F)cc1. The van der Waals surface area contributed by atoms with Crippen molar-refractivity contribution in [1.29, 1.82) is 5.26 Å². The van der Waals surface area contributed by atoms with Gasteiger partial charge in [-0.15, -0.1) is 0 Å². The van der Waals surface area contributed by atoms with E-state index in [2.05, 4.69) is 11.4 Å². The van der Waals surface area contributed by atoms with Crippen molar-refractivity contribution in [2.75, 3.05) is 6.61 Å². The Bertz CT molecular complexity index is 1300. The number of carbonyl (C=O) groups is 1. The maximum Gasteiger partial charge on any atom is 0.336 e. The number of esters is 1. The highest BCUT2D eigenvalue weighted by molar-refractivity contribution is 5.93. The summed E-state index contributed by atoms with van der Waals surface area (Å²) in [6, 6.07) is 17.8. The van der Waals surface area contributed by atoms with Gasteiger partial charge < -0.3 is 10.1 Å². The summed E-state index contributed by atoms with van der Waals surface area (Å²) in [6.45, 7) is 5.54. The number of allylic oxidation sites excluding steroid dienone is 3. The van der Waals surface area contributed by atoms with E-state index in [1.54, 1.807) is 37.6 Å². The molecule has 7 heteroatoms. The van der Waals surface area contributed by atoms with E-state index in [4.69, 9.17) is 9.84 Å². The smallest absolute Gasteiger partial charge is 0.336 e. The summed E-state index contributed by atoms with van der Waals surface area (Å²) in [5.41, 5.74) is 4.74. The number of dihydropyridines is 1. The van der Waals surface area contributed by atoms with Crippen molar-refractivity contribution >= 4 is 5.97 Å². The molecule has 0 saturated heterocycles. The van der Waals surface area contributed by atoms with Crippen molar-refractivity contribution in [3.05, 3.63) is 94.7 Å². The van der Waals surface area contributed by atoms with Gasteiger partial charge in [0, 0.05) is 28.7 Å². The normalized spacial score (nSPS) is 15.8. The predicted molar refractivity (Wildman–Crippen MR) is 122 cm³/mol. The van der Waals surface area contributed by atoms with Crippen LogP contribution in [0.15, 0.2) is 83.3 Å². The van der Waals surface area contributed by atoms with Crippen LogP contribution in [-0.2, 0) is 9.53 Å². The zero-order valence-corrected chi connectivity index (χ0v) is 18.6. The van der Waals surface area contributed by atoms with Crippen LogP contribution in [0.5, 0.6) is 0 Å². The van der Waals surface area contributed by atoms with Gasteiger partial charge in [-0.05, 0) is 57.2 Å². The van der Waals surface area contributed by atoms with E-state index in [-0.39, 0.29) is 12.4 Å². The molecule has 1 N–H and O–H groups in total. The number of nitrogens with zero attached hydrogens (tertiary/aromatic N) is 3.